The van der Waals surface area contributed by atoms with Gasteiger partial charge in [0.1, 0.15) is 5.70 Å². The van der Waals surface area contributed by atoms with E-state index in [1.165, 1.54) is 47.4 Å². The zero-order chi connectivity index (χ0) is 32.5. The Hall–Kier alpha value is -5.59. The van der Waals surface area contributed by atoms with Crippen LogP contribution in [0, 0.1) is 17.0 Å². The first-order valence-electron chi connectivity index (χ1n) is 14.0. The fraction of sp³-hybridized carbons (Fsp3) is 0.0588. The second-order valence-electron chi connectivity index (χ2n) is 9.80. The monoisotopic (exact) mass is 649 g/mol. The van der Waals surface area contributed by atoms with Crippen LogP contribution in [0.25, 0.3) is 17.3 Å². The third kappa shape index (κ3) is 8.31. The molecule has 1 aromatic heterocycles. The lowest BCUT2D eigenvalue weighted by atomic mass is 10.1. The SMILES string of the molecule is Cc1sc(NC(=O)CSc2cccc(NC(=O)/C(=C\c3ccccc3[N+](=O)[O-])NC(=O)c3ccccc3)c2)nc1-c1ccccc1. The molecule has 4 aromatic carbocycles. The third-order valence-electron chi connectivity index (χ3n) is 6.51. The molecule has 12 heteroatoms. The number of amides is 3. The molecule has 0 aliphatic heterocycles. The first-order valence-corrected chi connectivity index (χ1v) is 15.8. The first kappa shape index (κ1) is 31.8. The molecular formula is C34H27N5O5S2. The maximum absolute atomic E-state index is 13.4. The molecule has 5 aromatic rings. The maximum Gasteiger partial charge on any atom is 0.276 e. The van der Waals surface area contributed by atoms with Gasteiger partial charge in [-0.25, -0.2) is 4.98 Å². The van der Waals surface area contributed by atoms with Crippen molar-refractivity contribution in [2.75, 3.05) is 16.4 Å². The van der Waals surface area contributed by atoms with E-state index in [0.717, 1.165) is 16.1 Å². The van der Waals surface area contributed by atoms with Crippen molar-refractivity contribution in [1.29, 1.82) is 0 Å². The van der Waals surface area contributed by atoms with Crippen molar-refractivity contribution in [3.05, 3.63) is 141 Å². The van der Waals surface area contributed by atoms with Gasteiger partial charge in [-0.05, 0) is 49.4 Å². The lowest BCUT2D eigenvalue weighted by Gasteiger charge is -2.12. The molecule has 46 heavy (non-hydrogen) atoms. The molecule has 3 N–H and O–H groups in total. The molecule has 10 nitrogen and oxygen atoms in total. The number of nitro groups is 1. The van der Waals surface area contributed by atoms with E-state index in [0.29, 0.717) is 21.3 Å². The molecule has 0 unspecified atom stereocenters. The number of anilines is 2. The molecule has 5 rings (SSSR count). The van der Waals surface area contributed by atoms with Gasteiger partial charge in [0.05, 0.1) is 21.9 Å². The van der Waals surface area contributed by atoms with Crippen LogP contribution < -0.4 is 16.0 Å². The molecule has 0 radical (unpaired) electrons. The van der Waals surface area contributed by atoms with Crippen LogP contribution in [0.1, 0.15) is 20.8 Å². The number of benzene rings is 4. The summed E-state index contributed by atoms with van der Waals surface area (Å²) in [5.41, 5.74) is 2.26. The lowest BCUT2D eigenvalue weighted by molar-refractivity contribution is -0.385. The minimum Gasteiger partial charge on any atom is -0.321 e. The summed E-state index contributed by atoms with van der Waals surface area (Å²) >= 11 is 2.68. The summed E-state index contributed by atoms with van der Waals surface area (Å²) < 4.78 is 0. The minimum atomic E-state index is -0.685. The number of nitrogens with zero attached hydrogens (tertiary/aromatic N) is 2. The van der Waals surface area contributed by atoms with E-state index in [9.17, 15) is 24.5 Å². The summed E-state index contributed by atoms with van der Waals surface area (Å²) in [6.07, 6.45) is 1.26. The lowest BCUT2D eigenvalue weighted by Crippen LogP contribution is -2.30. The maximum atomic E-state index is 13.4. The summed E-state index contributed by atoms with van der Waals surface area (Å²) in [6, 6.07) is 30.8. The largest absolute Gasteiger partial charge is 0.321 e. The van der Waals surface area contributed by atoms with Gasteiger partial charge in [-0.2, -0.15) is 0 Å². The van der Waals surface area contributed by atoms with Crippen LogP contribution in [0.2, 0.25) is 0 Å². The van der Waals surface area contributed by atoms with Crippen molar-refractivity contribution >= 4 is 63.4 Å². The quantitative estimate of drug-likeness (QED) is 0.0596. The summed E-state index contributed by atoms with van der Waals surface area (Å²) in [7, 11) is 0. The number of aryl methyl sites for hydroxylation is 1. The number of para-hydroxylation sites is 1. The Labute approximate surface area is 272 Å². The molecule has 0 fully saturated rings. The van der Waals surface area contributed by atoms with Crippen LogP contribution in [0.5, 0.6) is 0 Å². The standard InChI is InChI=1S/C34H27N5O5S2/c1-22-31(23-11-4-2-5-12-23)38-34(46-22)37-30(40)21-45-27-17-10-16-26(20-27)35-33(42)28(36-32(41)24-13-6-3-7-14-24)19-25-15-8-9-18-29(25)39(43)44/h2-20H,21H2,1H3,(H,35,42)(H,36,41)(H,37,38,40)/b28-19+. The van der Waals surface area contributed by atoms with Crippen LogP contribution in [0.4, 0.5) is 16.5 Å². The van der Waals surface area contributed by atoms with Crippen LogP contribution in [-0.2, 0) is 9.59 Å². The number of aromatic nitrogens is 1. The third-order valence-corrected chi connectivity index (χ3v) is 8.39. The number of thioether (sulfide) groups is 1. The van der Waals surface area contributed by atoms with Crippen molar-refractivity contribution < 1.29 is 19.3 Å². The van der Waals surface area contributed by atoms with E-state index in [4.69, 9.17) is 0 Å². The number of carbonyl (C=O) groups excluding carboxylic acids is 3. The Balaban J connectivity index is 1.27. The van der Waals surface area contributed by atoms with Crippen LogP contribution in [-0.4, -0.2) is 33.4 Å². The average Bonchev–Trinajstić information content (AvgIpc) is 3.43. The van der Waals surface area contributed by atoms with Crippen LogP contribution >= 0.6 is 23.1 Å². The molecule has 0 atom stereocenters. The minimum absolute atomic E-state index is 0.104. The number of thiazole rings is 1. The summed E-state index contributed by atoms with van der Waals surface area (Å²) in [5, 5.41) is 20.3. The fourth-order valence-corrected chi connectivity index (χ4v) is 5.96. The smallest absolute Gasteiger partial charge is 0.276 e. The van der Waals surface area contributed by atoms with Crippen molar-refractivity contribution in [3.8, 4) is 11.3 Å². The number of hydrogen-bond donors (Lipinski definition) is 3. The van der Waals surface area contributed by atoms with Crippen molar-refractivity contribution in [2.24, 2.45) is 0 Å². The van der Waals surface area contributed by atoms with E-state index in [1.807, 2.05) is 37.3 Å². The Bertz CT molecular complexity index is 1930. The molecule has 0 saturated carbocycles. The average molecular weight is 650 g/mol. The predicted octanol–water partition coefficient (Wildman–Crippen LogP) is 7.17. The molecule has 230 valence electrons. The molecule has 1 heterocycles. The number of carbonyl (C=O) groups is 3. The van der Waals surface area contributed by atoms with Gasteiger partial charge < -0.3 is 16.0 Å². The van der Waals surface area contributed by atoms with Crippen LogP contribution in [0.15, 0.2) is 120 Å². The van der Waals surface area contributed by atoms with E-state index in [2.05, 4.69) is 20.9 Å². The molecule has 0 saturated heterocycles. The summed E-state index contributed by atoms with van der Waals surface area (Å²) in [5.74, 6) is -1.36. The second kappa shape index (κ2) is 14.9. The highest BCUT2D eigenvalue weighted by molar-refractivity contribution is 8.00. The van der Waals surface area contributed by atoms with Gasteiger partial charge in [-0.1, -0.05) is 66.7 Å². The molecule has 0 aliphatic carbocycles. The first-order chi connectivity index (χ1) is 22.3. The number of nitro benzene ring substituents is 1. The number of rotatable bonds is 11. The van der Waals surface area contributed by atoms with Gasteiger partial charge in [0.2, 0.25) is 5.91 Å². The zero-order valence-electron chi connectivity index (χ0n) is 24.4. The summed E-state index contributed by atoms with van der Waals surface area (Å²) in [4.78, 5) is 56.4. The zero-order valence-corrected chi connectivity index (χ0v) is 26.1. The Morgan fingerprint density at radius 1 is 0.891 bits per heavy atom. The molecule has 0 spiro atoms. The van der Waals surface area contributed by atoms with E-state index in [1.54, 1.807) is 60.7 Å². The van der Waals surface area contributed by atoms with Gasteiger partial charge in [-0.15, -0.1) is 23.1 Å². The van der Waals surface area contributed by atoms with Crippen molar-refractivity contribution in [3.63, 3.8) is 0 Å². The van der Waals surface area contributed by atoms with Crippen molar-refractivity contribution in [2.45, 2.75) is 11.8 Å². The second-order valence-corrected chi connectivity index (χ2v) is 12.1. The predicted molar refractivity (Wildman–Crippen MR) is 182 cm³/mol. The molecule has 3 amide bonds. The molecule has 0 bridgehead atoms. The number of nitrogens with one attached hydrogen (secondary N) is 3. The van der Waals surface area contributed by atoms with Gasteiger partial charge >= 0.3 is 0 Å². The van der Waals surface area contributed by atoms with Crippen LogP contribution in [0.3, 0.4) is 0 Å². The highest BCUT2D eigenvalue weighted by Gasteiger charge is 2.19. The molecular weight excluding hydrogens is 623 g/mol. The van der Waals surface area contributed by atoms with Gasteiger partial charge in [0.25, 0.3) is 17.5 Å². The molecule has 0 aliphatic rings. The Kier molecular flexibility index (Phi) is 10.3. The van der Waals surface area contributed by atoms with Gasteiger partial charge in [0, 0.05) is 32.7 Å². The number of hydrogen-bond acceptors (Lipinski definition) is 8. The van der Waals surface area contributed by atoms with Gasteiger partial charge in [0.15, 0.2) is 5.13 Å². The Morgan fingerprint density at radius 2 is 1.59 bits per heavy atom. The van der Waals surface area contributed by atoms with E-state index >= 15 is 0 Å². The van der Waals surface area contributed by atoms with E-state index in [-0.39, 0.29) is 28.6 Å². The normalized spacial score (nSPS) is 11.0. The highest BCUT2D eigenvalue weighted by atomic mass is 32.2. The fourth-order valence-electron chi connectivity index (χ4n) is 4.35. The topological polar surface area (TPSA) is 143 Å². The highest BCUT2D eigenvalue weighted by Crippen LogP contribution is 2.30. The Morgan fingerprint density at radius 3 is 2.33 bits per heavy atom. The van der Waals surface area contributed by atoms with Gasteiger partial charge in [-0.3, -0.25) is 24.5 Å². The van der Waals surface area contributed by atoms with Crippen molar-refractivity contribution in [1.82, 2.24) is 10.3 Å². The van der Waals surface area contributed by atoms with E-state index < -0.39 is 16.7 Å². The summed E-state index contributed by atoms with van der Waals surface area (Å²) in [6.45, 7) is 1.96.